The van der Waals surface area contributed by atoms with Crippen LogP contribution in [0.2, 0.25) is 0 Å². The van der Waals surface area contributed by atoms with Crippen molar-refractivity contribution in [2.24, 2.45) is 0 Å². The van der Waals surface area contributed by atoms with Gasteiger partial charge in [0.25, 0.3) is 0 Å². The van der Waals surface area contributed by atoms with Gasteiger partial charge in [-0.2, -0.15) is 0 Å². The van der Waals surface area contributed by atoms with Gasteiger partial charge in [-0.1, -0.05) is 0 Å². The number of hydrogen-bond acceptors (Lipinski definition) is 6. The third-order valence-electron chi connectivity index (χ3n) is 1.21. The average Bonchev–Trinajstić information content (AvgIpc) is 2.16. The van der Waals surface area contributed by atoms with Crippen molar-refractivity contribution >= 4 is 0 Å². The zero-order valence-electron chi connectivity index (χ0n) is 7.30. The number of ether oxygens (including phenoxy) is 2. The number of aliphatic hydroxyl groups is 4. The smallest absolute Gasteiger partial charge is 0.146 e. The lowest BCUT2D eigenvalue weighted by atomic mass is 10.4. The van der Waals surface area contributed by atoms with Crippen LogP contribution >= 0.6 is 0 Å². The first kappa shape index (κ1) is 12.8. The van der Waals surface area contributed by atoms with Gasteiger partial charge in [0, 0.05) is 0 Å². The first-order valence-electron chi connectivity index (χ1n) is 3.94. The van der Waals surface area contributed by atoms with Crippen molar-refractivity contribution < 1.29 is 29.9 Å². The second kappa shape index (κ2) is 8.36. The van der Waals surface area contributed by atoms with E-state index in [9.17, 15) is 0 Å². The van der Waals surface area contributed by atoms with Crippen molar-refractivity contribution in [1.29, 1.82) is 0 Å². The molecular weight excluding hydrogens is 180 g/mol. The number of hydrogen-bond donors (Lipinski definition) is 4. The average molecular weight is 196 g/mol. The first-order chi connectivity index (χ1) is 6.20. The van der Waals surface area contributed by atoms with E-state index in [0.717, 1.165) is 0 Å². The molecule has 80 valence electrons. The molecular formula is C7H16O6. The maximum absolute atomic E-state index is 8.79. The van der Waals surface area contributed by atoms with E-state index in [2.05, 4.69) is 0 Å². The third kappa shape index (κ3) is 8.10. The van der Waals surface area contributed by atoms with Gasteiger partial charge in [0.15, 0.2) is 0 Å². The molecule has 13 heavy (non-hydrogen) atoms. The van der Waals surface area contributed by atoms with Crippen molar-refractivity contribution in [3.8, 4) is 0 Å². The molecule has 4 N–H and O–H groups in total. The lowest BCUT2D eigenvalue weighted by Crippen LogP contribution is -2.23. The van der Waals surface area contributed by atoms with Crippen LogP contribution in [-0.2, 0) is 9.47 Å². The van der Waals surface area contributed by atoms with E-state index in [1.165, 1.54) is 0 Å². The molecule has 0 amide bonds. The topological polar surface area (TPSA) is 99.4 Å². The molecule has 0 saturated heterocycles. The molecule has 1 unspecified atom stereocenters. The lowest BCUT2D eigenvalue weighted by Gasteiger charge is -2.10. The van der Waals surface area contributed by atoms with Crippen LogP contribution in [0.25, 0.3) is 0 Å². The van der Waals surface area contributed by atoms with Gasteiger partial charge >= 0.3 is 0 Å². The Hall–Kier alpha value is -0.240. The Balaban J connectivity index is 3.08. The minimum Gasteiger partial charge on any atom is -0.394 e. The van der Waals surface area contributed by atoms with E-state index in [1.807, 2.05) is 0 Å². The van der Waals surface area contributed by atoms with Crippen LogP contribution in [0.3, 0.4) is 0 Å². The van der Waals surface area contributed by atoms with Crippen molar-refractivity contribution in [2.75, 3.05) is 33.2 Å². The summed E-state index contributed by atoms with van der Waals surface area (Å²) in [5, 5.41) is 34.3. The number of rotatable bonds is 8. The Morgan fingerprint density at radius 3 is 1.54 bits per heavy atom. The van der Waals surface area contributed by atoms with Crippen LogP contribution < -0.4 is 0 Å². The largest absolute Gasteiger partial charge is 0.394 e. The van der Waals surface area contributed by atoms with E-state index in [4.69, 9.17) is 29.9 Å². The molecule has 2 atom stereocenters. The summed E-state index contributed by atoms with van der Waals surface area (Å²) in [6, 6.07) is 0. The zero-order valence-corrected chi connectivity index (χ0v) is 7.30. The molecule has 0 saturated carbocycles. The second-order valence-corrected chi connectivity index (χ2v) is 2.53. The van der Waals surface area contributed by atoms with Crippen LogP contribution in [-0.4, -0.2) is 65.9 Å². The second-order valence-electron chi connectivity index (χ2n) is 2.53. The molecule has 0 aromatic rings. The van der Waals surface area contributed by atoms with E-state index in [1.54, 1.807) is 0 Å². The Kier molecular flexibility index (Phi) is 8.21. The number of aliphatic hydroxyl groups excluding tert-OH is 4. The Morgan fingerprint density at radius 1 is 0.846 bits per heavy atom. The fourth-order valence-electron chi connectivity index (χ4n) is 0.533. The normalized spacial score (nSPS) is 15.7. The third-order valence-corrected chi connectivity index (χ3v) is 1.21. The Bertz CT molecular complexity index is 97.2. The summed E-state index contributed by atoms with van der Waals surface area (Å²) in [7, 11) is 0. The molecule has 0 aromatic carbocycles. The van der Waals surface area contributed by atoms with Gasteiger partial charge in [-0.05, 0) is 0 Å². The highest BCUT2D eigenvalue weighted by Gasteiger charge is 2.03. The fourth-order valence-corrected chi connectivity index (χ4v) is 0.533. The Morgan fingerprint density at radius 2 is 1.23 bits per heavy atom. The molecule has 0 bridgehead atoms. The monoisotopic (exact) mass is 196 g/mol. The van der Waals surface area contributed by atoms with E-state index >= 15 is 0 Å². The molecule has 0 aliphatic heterocycles. The summed E-state index contributed by atoms with van der Waals surface area (Å²) >= 11 is 0. The van der Waals surface area contributed by atoms with Gasteiger partial charge in [-0.3, -0.25) is 0 Å². The highest BCUT2D eigenvalue weighted by molar-refractivity contribution is 4.48. The molecule has 0 rings (SSSR count). The lowest BCUT2D eigenvalue weighted by molar-refractivity contribution is -0.106. The highest BCUT2D eigenvalue weighted by Crippen LogP contribution is 1.87. The summed E-state index contributed by atoms with van der Waals surface area (Å²) in [6.45, 7) is -0.857. The van der Waals surface area contributed by atoms with Crippen LogP contribution in [0, 0.1) is 0 Å². The van der Waals surface area contributed by atoms with Crippen LogP contribution in [0.5, 0.6) is 0 Å². The minimum absolute atomic E-state index is 0.0221. The van der Waals surface area contributed by atoms with Gasteiger partial charge in [0.1, 0.15) is 19.0 Å². The van der Waals surface area contributed by atoms with Gasteiger partial charge in [0.2, 0.25) is 0 Å². The highest BCUT2D eigenvalue weighted by atomic mass is 16.7. The van der Waals surface area contributed by atoms with Gasteiger partial charge in [-0.25, -0.2) is 0 Å². The maximum Gasteiger partial charge on any atom is 0.146 e. The maximum atomic E-state index is 8.79. The molecule has 0 aliphatic carbocycles. The molecule has 0 heterocycles. The quantitative estimate of drug-likeness (QED) is 0.257. The van der Waals surface area contributed by atoms with Gasteiger partial charge < -0.3 is 29.9 Å². The molecule has 0 aliphatic rings. The standard InChI is InChI=1S/C7H16O6/c8-1-6(10)3-12-5-13-4-7(11)2-9/h6-11H,1-5H2/t6-,7?/m1/s1. The molecule has 0 radical (unpaired) electrons. The van der Waals surface area contributed by atoms with E-state index in [0.29, 0.717) is 0 Å². The molecule has 0 fully saturated rings. The fraction of sp³-hybridized carbons (Fsp3) is 1.00. The van der Waals surface area contributed by atoms with Crippen LogP contribution in [0.15, 0.2) is 0 Å². The summed E-state index contributed by atoms with van der Waals surface area (Å²) in [5.41, 5.74) is 0. The summed E-state index contributed by atoms with van der Waals surface area (Å²) in [4.78, 5) is 0. The summed E-state index contributed by atoms with van der Waals surface area (Å²) < 4.78 is 9.51. The molecule has 0 spiro atoms. The van der Waals surface area contributed by atoms with Crippen LogP contribution in [0.1, 0.15) is 0 Å². The molecule has 6 nitrogen and oxygen atoms in total. The van der Waals surface area contributed by atoms with E-state index < -0.39 is 12.2 Å². The van der Waals surface area contributed by atoms with Crippen molar-refractivity contribution in [3.05, 3.63) is 0 Å². The minimum atomic E-state index is -0.911. The predicted molar refractivity (Wildman–Crippen MR) is 43.0 cm³/mol. The van der Waals surface area contributed by atoms with Crippen molar-refractivity contribution in [1.82, 2.24) is 0 Å². The van der Waals surface area contributed by atoms with Gasteiger partial charge in [-0.15, -0.1) is 0 Å². The predicted octanol–water partition coefficient (Wildman–Crippen LogP) is -2.32. The summed E-state index contributed by atoms with van der Waals surface area (Å²) in [6.07, 6.45) is -1.82. The molecule has 6 heteroatoms. The molecule has 0 aromatic heterocycles. The Labute approximate surface area is 76.3 Å². The van der Waals surface area contributed by atoms with E-state index in [-0.39, 0.29) is 33.2 Å². The first-order valence-corrected chi connectivity index (χ1v) is 3.94. The van der Waals surface area contributed by atoms with Gasteiger partial charge in [0.05, 0.1) is 26.4 Å². The van der Waals surface area contributed by atoms with Crippen molar-refractivity contribution in [2.45, 2.75) is 12.2 Å². The zero-order chi connectivity index (χ0) is 10.1. The SMILES string of the molecule is OCC(O)COCOC[C@H](O)CO. The van der Waals surface area contributed by atoms with Crippen LogP contribution in [0.4, 0.5) is 0 Å². The van der Waals surface area contributed by atoms with Crippen molar-refractivity contribution in [3.63, 3.8) is 0 Å². The summed E-state index contributed by atoms with van der Waals surface area (Å²) in [5.74, 6) is 0.